The summed E-state index contributed by atoms with van der Waals surface area (Å²) in [7, 11) is 0. The van der Waals surface area contributed by atoms with Gasteiger partial charge in [-0.05, 0) is 30.7 Å². The number of rotatable bonds is 6. The van der Waals surface area contributed by atoms with E-state index in [1.165, 1.54) is 0 Å². The van der Waals surface area contributed by atoms with E-state index in [0.29, 0.717) is 19.0 Å². The highest BCUT2D eigenvalue weighted by atomic mass is 16.2. The van der Waals surface area contributed by atoms with Gasteiger partial charge >= 0.3 is 5.69 Å². The van der Waals surface area contributed by atoms with E-state index in [4.69, 9.17) is 0 Å². The van der Waals surface area contributed by atoms with Crippen molar-refractivity contribution in [3.63, 3.8) is 0 Å². The number of fused-ring (bicyclic) bond motifs is 2. The second kappa shape index (κ2) is 7.11. The molecule has 138 valence electrons. The second-order valence-electron chi connectivity index (χ2n) is 6.48. The fourth-order valence-electron chi connectivity index (χ4n) is 3.35. The maximum Gasteiger partial charge on any atom is 0.329 e. The van der Waals surface area contributed by atoms with Gasteiger partial charge in [0.1, 0.15) is 0 Å². The molecule has 1 amide bonds. The Morgan fingerprint density at radius 1 is 1.04 bits per heavy atom. The van der Waals surface area contributed by atoms with Crippen LogP contribution in [0, 0.1) is 0 Å². The maximum absolute atomic E-state index is 12.7. The summed E-state index contributed by atoms with van der Waals surface area (Å²) in [6.45, 7) is 3.03. The molecular formula is C20H21N5O2. The van der Waals surface area contributed by atoms with Gasteiger partial charge in [0.2, 0.25) is 11.9 Å². The molecular weight excluding hydrogens is 342 g/mol. The Kier molecular flexibility index (Phi) is 4.50. The van der Waals surface area contributed by atoms with Crippen molar-refractivity contribution in [2.45, 2.75) is 32.9 Å². The van der Waals surface area contributed by atoms with Crippen molar-refractivity contribution < 1.29 is 4.79 Å². The summed E-state index contributed by atoms with van der Waals surface area (Å²) in [6.07, 6.45) is 1.07. The Labute approximate surface area is 155 Å². The van der Waals surface area contributed by atoms with Gasteiger partial charge in [0.05, 0.1) is 22.1 Å². The van der Waals surface area contributed by atoms with Gasteiger partial charge < -0.3 is 4.98 Å². The summed E-state index contributed by atoms with van der Waals surface area (Å²) in [5.74, 6) is 0.232. The molecule has 7 nitrogen and oxygen atoms in total. The minimum Gasteiger partial charge on any atom is -0.324 e. The number of benzene rings is 2. The average Bonchev–Trinajstić information content (AvgIpc) is 3.19. The molecule has 2 aromatic heterocycles. The summed E-state index contributed by atoms with van der Waals surface area (Å²) in [4.78, 5) is 32.5. The minimum atomic E-state index is -0.187. The number of carbonyl (C=O) groups is 1. The average molecular weight is 363 g/mol. The number of imidazole rings is 2. The SMILES string of the molecule is CCCn1c(=O)n(CCC(=O)Nc2nc3ccccc3[nH]2)c2ccccc21. The van der Waals surface area contributed by atoms with E-state index >= 15 is 0 Å². The smallest absolute Gasteiger partial charge is 0.324 e. The van der Waals surface area contributed by atoms with E-state index < -0.39 is 0 Å². The van der Waals surface area contributed by atoms with Crippen LogP contribution in [0.5, 0.6) is 0 Å². The van der Waals surface area contributed by atoms with Gasteiger partial charge in [0.15, 0.2) is 0 Å². The summed E-state index contributed by atoms with van der Waals surface area (Å²) in [5, 5.41) is 2.77. The molecule has 0 aliphatic carbocycles. The predicted octanol–water partition coefficient (Wildman–Crippen LogP) is 3.12. The zero-order valence-electron chi connectivity index (χ0n) is 15.1. The first-order valence-electron chi connectivity index (χ1n) is 9.10. The van der Waals surface area contributed by atoms with Crippen molar-refractivity contribution in [3.05, 3.63) is 59.0 Å². The van der Waals surface area contributed by atoms with Gasteiger partial charge in [-0.25, -0.2) is 9.78 Å². The predicted molar refractivity (Wildman–Crippen MR) is 106 cm³/mol. The monoisotopic (exact) mass is 363 g/mol. The molecule has 0 bridgehead atoms. The molecule has 2 N–H and O–H groups in total. The lowest BCUT2D eigenvalue weighted by Gasteiger charge is -2.04. The number of hydrogen-bond donors (Lipinski definition) is 2. The van der Waals surface area contributed by atoms with Crippen LogP contribution < -0.4 is 11.0 Å². The topological polar surface area (TPSA) is 84.7 Å². The van der Waals surface area contributed by atoms with Crippen molar-refractivity contribution in [1.82, 2.24) is 19.1 Å². The van der Waals surface area contributed by atoms with Crippen LogP contribution in [0.1, 0.15) is 19.8 Å². The van der Waals surface area contributed by atoms with Crippen LogP contribution in [0.2, 0.25) is 0 Å². The van der Waals surface area contributed by atoms with Crippen LogP contribution in [-0.4, -0.2) is 25.0 Å². The number of aromatic nitrogens is 4. The van der Waals surface area contributed by atoms with Crippen molar-refractivity contribution in [2.24, 2.45) is 0 Å². The number of nitrogens with zero attached hydrogens (tertiary/aromatic N) is 3. The number of anilines is 1. The lowest BCUT2D eigenvalue weighted by molar-refractivity contribution is -0.116. The fourth-order valence-corrected chi connectivity index (χ4v) is 3.35. The third kappa shape index (κ3) is 3.23. The number of aryl methyl sites for hydroxylation is 2. The van der Waals surface area contributed by atoms with E-state index in [9.17, 15) is 9.59 Å². The number of amides is 1. The Hall–Kier alpha value is -3.35. The molecule has 2 heterocycles. The number of carbonyl (C=O) groups excluding carboxylic acids is 1. The summed E-state index contributed by atoms with van der Waals surface area (Å²) in [5.41, 5.74) is 3.35. The molecule has 0 unspecified atom stereocenters. The zero-order chi connectivity index (χ0) is 18.8. The number of nitrogens with one attached hydrogen (secondary N) is 2. The van der Waals surface area contributed by atoms with E-state index in [2.05, 4.69) is 15.3 Å². The quantitative estimate of drug-likeness (QED) is 0.552. The van der Waals surface area contributed by atoms with Crippen LogP contribution in [0.3, 0.4) is 0 Å². The highest BCUT2D eigenvalue weighted by Gasteiger charge is 2.14. The molecule has 0 saturated carbocycles. The number of para-hydroxylation sites is 4. The molecule has 0 atom stereocenters. The molecule has 0 radical (unpaired) electrons. The van der Waals surface area contributed by atoms with Crippen molar-refractivity contribution in [1.29, 1.82) is 0 Å². The standard InChI is InChI=1S/C20H21N5O2/c1-2-12-24-16-9-5-6-10-17(16)25(20(24)27)13-11-18(26)23-19-21-14-7-3-4-8-15(14)22-19/h3-10H,2,11-13H2,1H3,(H2,21,22,23,26). The number of hydrogen-bond acceptors (Lipinski definition) is 3. The normalized spacial score (nSPS) is 11.3. The van der Waals surface area contributed by atoms with Crippen molar-refractivity contribution >= 4 is 33.9 Å². The molecule has 0 aliphatic rings. The Morgan fingerprint density at radius 3 is 2.41 bits per heavy atom. The van der Waals surface area contributed by atoms with Gasteiger partial charge in [-0.15, -0.1) is 0 Å². The molecule has 0 spiro atoms. The molecule has 2 aromatic carbocycles. The fraction of sp³-hybridized carbons (Fsp3) is 0.250. The molecule has 0 aliphatic heterocycles. The van der Waals surface area contributed by atoms with Crippen molar-refractivity contribution in [3.8, 4) is 0 Å². The molecule has 4 rings (SSSR count). The van der Waals surface area contributed by atoms with Crippen LogP contribution in [0.15, 0.2) is 53.3 Å². The van der Waals surface area contributed by atoms with Gasteiger partial charge in [-0.1, -0.05) is 31.2 Å². The summed E-state index contributed by atoms with van der Waals surface area (Å²) >= 11 is 0. The third-order valence-electron chi connectivity index (χ3n) is 4.58. The molecule has 4 aromatic rings. The third-order valence-corrected chi connectivity index (χ3v) is 4.58. The van der Waals surface area contributed by atoms with E-state index in [1.54, 1.807) is 9.13 Å². The van der Waals surface area contributed by atoms with Crippen LogP contribution in [0.4, 0.5) is 5.95 Å². The highest BCUT2D eigenvalue weighted by molar-refractivity contribution is 5.91. The minimum absolute atomic E-state index is 0.0745. The Balaban J connectivity index is 1.52. The Morgan fingerprint density at radius 2 is 1.70 bits per heavy atom. The van der Waals surface area contributed by atoms with Crippen LogP contribution >= 0.6 is 0 Å². The van der Waals surface area contributed by atoms with Gasteiger partial charge in [0, 0.05) is 19.5 Å². The van der Waals surface area contributed by atoms with E-state index in [-0.39, 0.29) is 18.0 Å². The first kappa shape index (κ1) is 17.1. The molecule has 27 heavy (non-hydrogen) atoms. The molecule has 0 fully saturated rings. The molecule has 0 saturated heterocycles. The molecule has 7 heteroatoms. The van der Waals surface area contributed by atoms with E-state index in [0.717, 1.165) is 28.5 Å². The first-order chi connectivity index (χ1) is 13.2. The van der Waals surface area contributed by atoms with Crippen LogP contribution in [0.25, 0.3) is 22.1 Å². The number of H-pyrrole nitrogens is 1. The largest absolute Gasteiger partial charge is 0.329 e. The number of aromatic amines is 1. The van der Waals surface area contributed by atoms with Gasteiger partial charge in [-0.2, -0.15) is 0 Å². The van der Waals surface area contributed by atoms with Gasteiger partial charge in [0.25, 0.3) is 0 Å². The second-order valence-corrected chi connectivity index (χ2v) is 6.48. The lowest BCUT2D eigenvalue weighted by atomic mass is 10.3. The first-order valence-corrected chi connectivity index (χ1v) is 9.10. The Bertz CT molecular complexity index is 1140. The van der Waals surface area contributed by atoms with Crippen molar-refractivity contribution in [2.75, 3.05) is 5.32 Å². The van der Waals surface area contributed by atoms with Crippen LogP contribution in [-0.2, 0) is 17.9 Å². The van der Waals surface area contributed by atoms with E-state index in [1.807, 2.05) is 55.5 Å². The lowest BCUT2D eigenvalue weighted by Crippen LogP contribution is -2.26. The highest BCUT2D eigenvalue weighted by Crippen LogP contribution is 2.15. The summed E-state index contributed by atoms with van der Waals surface area (Å²) < 4.78 is 3.44. The summed E-state index contributed by atoms with van der Waals surface area (Å²) in [6, 6.07) is 15.3. The maximum atomic E-state index is 12.7. The zero-order valence-corrected chi connectivity index (χ0v) is 15.1. The van der Waals surface area contributed by atoms with Gasteiger partial charge in [-0.3, -0.25) is 19.2 Å².